The molecule has 20 heavy (non-hydrogen) atoms. The van der Waals surface area contributed by atoms with E-state index in [0.717, 1.165) is 16.6 Å². The third kappa shape index (κ3) is 2.69. The van der Waals surface area contributed by atoms with E-state index in [0.29, 0.717) is 13.0 Å². The average Bonchev–Trinajstić information content (AvgIpc) is 2.99. The van der Waals surface area contributed by atoms with Crippen LogP contribution in [0.5, 0.6) is 0 Å². The lowest BCUT2D eigenvalue weighted by Gasteiger charge is -2.08. The molecule has 3 aromatic rings. The first-order valence-electron chi connectivity index (χ1n) is 6.57. The number of carbonyl (C=O) groups is 1. The Morgan fingerprint density at radius 2 is 1.90 bits per heavy atom. The SMILES string of the molecule is O=C(CCn1cccc1)Nc1cccc2cccnc12. The van der Waals surface area contributed by atoms with Gasteiger partial charge >= 0.3 is 0 Å². The molecule has 4 heteroatoms. The van der Waals surface area contributed by atoms with Gasteiger partial charge in [-0.05, 0) is 24.3 Å². The van der Waals surface area contributed by atoms with Gasteiger partial charge in [-0.3, -0.25) is 9.78 Å². The Hall–Kier alpha value is -2.62. The van der Waals surface area contributed by atoms with Gasteiger partial charge in [-0.15, -0.1) is 0 Å². The van der Waals surface area contributed by atoms with Gasteiger partial charge in [0.15, 0.2) is 0 Å². The predicted molar refractivity (Wildman–Crippen MR) is 79.4 cm³/mol. The summed E-state index contributed by atoms with van der Waals surface area (Å²) in [5, 5.41) is 3.96. The molecular weight excluding hydrogens is 250 g/mol. The van der Waals surface area contributed by atoms with Crippen molar-refractivity contribution in [3.8, 4) is 0 Å². The third-order valence-electron chi connectivity index (χ3n) is 3.17. The molecule has 0 aliphatic rings. The summed E-state index contributed by atoms with van der Waals surface area (Å²) in [5.74, 6) is -0.00291. The lowest BCUT2D eigenvalue weighted by Crippen LogP contribution is -2.14. The van der Waals surface area contributed by atoms with Crippen molar-refractivity contribution in [3.63, 3.8) is 0 Å². The Balaban J connectivity index is 1.71. The first kappa shape index (κ1) is 12.4. The fourth-order valence-electron chi connectivity index (χ4n) is 2.17. The highest BCUT2D eigenvalue weighted by molar-refractivity contribution is 6.00. The molecule has 1 amide bonds. The standard InChI is InChI=1S/C16H15N3O/c20-15(8-12-19-10-1-2-11-19)18-14-7-3-5-13-6-4-9-17-16(13)14/h1-7,9-11H,8,12H2,(H,18,20). The van der Waals surface area contributed by atoms with Gasteiger partial charge in [0.1, 0.15) is 0 Å². The molecule has 0 radical (unpaired) electrons. The van der Waals surface area contributed by atoms with Crippen LogP contribution < -0.4 is 5.32 Å². The lowest BCUT2D eigenvalue weighted by molar-refractivity contribution is -0.116. The molecule has 0 bridgehead atoms. The summed E-state index contributed by atoms with van der Waals surface area (Å²) in [4.78, 5) is 16.3. The van der Waals surface area contributed by atoms with Crippen molar-refractivity contribution < 1.29 is 4.79 Å². The predicted octanol–water partition coefficient (Wildman–Crippen LogP) is 3.07. The van der Waals surface area contributed by atoms with Crippen LogP contribution in [-0.2, 0) is 11.3 Å². The van der Waals surface area contributed by atoms with E-state index in [2.05, 4.69) is 10.3 Å². The lowest BCUT2D eigenvalue weighted by atomic mass is 10.2. The van der Waals surface area contributed by atoms with E-state index in [9.17, 15) is 4.79 Å². The molecule has 1 aromatic carbocycles. The van der Waals surface area contributed by atoms with Crippen molar-refractivity contribution >= 4 is 22.5 Å². The van der Waals surface area contributed by atoms with Crippen molar-refractivity contribution in [1.82, 2.24) is 9.55 Å². The maximum absolute atomic E-state index is 12.0. The first-order valence-corrected chi connectivity index (χ1v) is 6.57. The Morgan fingerprint density at radius 1 is 1.10 bits per heavy atom. The Bertz CT molecular complexity index is 714. The van der Waals surface area contributed by atoms with Crippen molar-refractivity contribution in [2.45, 2.75) is 13.0 Å². The van der Waals surface area contributed by atoms with Gasteiger partial charge < -0.3 is 9.88 Å². The van der Waals surface area contributed by atoms with Crippen LogP contribution in [-0.4, -0.2) is 15.5 Å². The Morgan fingerprint density at radius 3 is 2.75 bits per heavy atom. The normalized spacial score (nSPS) is 10.6. The number of fused-ring (bicyclic) bond motifs is 1. The maximum atomic E-state index is 12.0. The van der Waals surface area contributed by atoms with Crippen molar-refractivity contribution in [1.29, 1.82) is 0 Å². The highest BCUT2D eigenvalue weighted by atomic mass is 16.1. The quantitative estimate of drug-likeness (QED) is 0.788. The van der Waals surface area contributed by atoms with E-state index in [4.69, 9.17) is 0 Å². The zero-order valence-electron chi connectivity index (χ0n) is 11.0. The Kier molecular flexibility index (Phi) is 3.46. The number of hydrogen-bond donors (Lipinski definition) is 1. The molecule has 100 valence electrons. The minimum atomic E-state index is -0.00291. The maximum Gasteiger partial charge on any atom is 0.226 e. The zero-order valence-corrected chi connectivity index (χ0v) is 11.0. The third-order valence-corrected chi connectivity index (χ3v) is 3.17. The number of nitrogens with zero attached hydrogens (tertiary/aromatic N) is 2. The van der Waals surface area contributed by atoms with Crippen LogP contribution in [0.1, 0.15) is 6.42 Å². The van der Waals surface area contributed by atoms with E-state index in [1.807, 2.05) is 59.4 Å². The number of aromatic nitrogens is 2. The molecule has 0 spiro atoms. The van der Waals surface area contributed by atoms with Crippen LogP contribution in [0.4, 0.5) is 5.69 Å². The van der Waals surface area contributed by atoms with Gasteiger partial charge in [0.05, 0.1) is 11.2 Å². The van der Waals surface area contributed by atoms with Gasteiger partial charge in [0.2, 0.25) is 5.91 Å². The zero-order chi connectivity index (χ0) is 13.8. The largest absolute Gasteiger partial charge is 0.354 e. The molecule has 0 fully saturated rings. The van der Waals surface area contributed by atoms with Crippen LogP contribution in [0.15, 0.2) is 61.1 Å². The van der Waals surface area contributed by atoms with Crippen molar-refractivity contribution in [2.24, 2.45) is 0 Å². The number of benzene rings is 1. The summed E-state index contributed by atoms with van der Waals surface area (Å²) in [5.41, 5.74) is 1.59. The van der Waals surface area contributed by atoms with Crippen molar-refractivity contribution in [3.05, 3.63) is 61.1 Å². The van der Waals surface area contributed by atoms with E-state index in [1.54, 1.807) is 6.20 Å². The summed E-state index contributed by atoms with van der Waals surface area (Å²) in [6.07, 6.45) is 6.08. The highest BCUT2D eigenvalue weighted by Crippen LogP contribution is 2.20. The minimum Gasteiger partial charge on any atom is -0.354 e. The molecule has 2 aromatic heterocycles. The number of anilines is 1. The molecule has 2 heterocycles. The van der Waals surface area contributed by atoms with Crippen LogP contribution in [0.25, 0.3) is 10.9 Å². The summed E-state index contributed by atoms with van der Waals surface area (Å²) in [6, 6.07) is 13.6. The molecule has 1 N–H and O–H groups in total. The smallest absolute Gasteiger partial charge is 0.226 e. The number of para-hydroxylation sites is 1. The summed E-state index contributed by atoms with van der Waals surface area (Å²) in [6.45, 7) is 0.678. The van der Waals surface area contributed by atoms with Crippen molar-refractivity contribution in [2.75, 3.05) is 5.32 Å². The molecule has 4 nitrogen and oxygen atoms in total. The first-order chi connectivity index (χ1) is 9.83. The molecule has 0 unspecified atom stereocenters. The Labute approximate surface area is 117 Å². The highest BCUT2D eigenvalue weighted by Gasteiger charge is 2.06. The molecule has 0 saturated heterocycles. The van der Waals surface area contributed by atoms with Crippen LogP contribution in [0.2, 0.25) is 0 Å². The monoisotopic (exact) mass is 265 g/mol. The van der Waals surface area contributed by atoms with E-state index in [1.165, 1.54) is 0 Å². The second-order valence-corrected chi connectivity index (χ2v) is 4.60. The van der Waals surface area contributed by atoms with Crippen LogP contribution in [0.3, 0.4) is 0 Å². The minimum absolute atomic E-state index is 0.00291. The molecule has 0 aliphatic carbocycles. The summed E-state index contributed by atoms with van der Waals surface area (Å²) in [7, 11) is 0. The van der Waals surface area contributed by atoms with E-state index >= 15 is 0 Å². The number of nitrogens with one attached hydrogen (secondary N) is 1. The van der Waals surface area contributed by atoms with Gasteiger partial charge in [0, 0.05) is 36.9 Å². The van der Waals surface area contributed by atoms with Gasteiger partial charge in [-0.25, -0.2) is 0 Å². The molecule has 3 rings (SSSR count). The fraction of sp³-hybridized carbons (Fsp3) is 0.125. The molecule has 0 aliphatic heterocycles. The van der Waals surface area contributed by atoms with Gasteiger partial charge in [-0.1, -0.05) is 18.2 Å². The number of amides is 1. The van der Waals surface area contributed by atoms with E-state index < -0.39 is 0 Å². The van der Waals surface area contributed by atoms with Gasteiger partial charge in [0.25, 0.3) is 0 Å². The fourth-order valence-corrected chi connectivity index (χ4v) is 2.17. The number of rotatable bonds is 4. The number of pyridine rings is 1. The topological polar surface area (TPSA) is 46.9 Å². The second kappa shape index (κ2) is 5.57. The van der Waals surface area contributed by atoms with Crippen LogP contribution >= 0.6 is 0 Å². The molecular formula is C16H15N3O. The van der Waals surface area contributed by atoms with Gasteiger partial charge in [-0.2, -0.15) is 0 Å². The second-order valence-electron chi connectivity index (χ2n) is 4.60. The van der Waals surface area contributed by atoms with Crippen LogP contribution in [0, 0.1) is 0 Å². The molecule has 0 atom stereocenters. The molecule has 0 saturated carbocycles. The number of carbonyl (C=O) groups excluding carboxylic acids is 1. The summed E-state index contributed by atoms with van der Waals surface area (Å²) >= 11 is 0. The summed E-state index contributed by atoms with van der Waals surface area (Å²) < 4.78 is 1.99. The number of aryl methyl sites for hydroxylation is 1. The number of hydrogen-bond acceptors (Lipinski definition) is 2. The average molecular weight is 265 g/mol. The van der Waals surface area contributed by atoms with E-state index in [-0.39, 0.29) is 5.91 Å².